The minimum absolute atomic E-state index is 0.0185. The van der Waals surface area contributed by atoms with E-state index in [0.717, 1.165) is 5.75 Å². The largest absolute Gasteiger partial charge is 0.492 e. The number of hydrogen-bond acceptors (Lipinski definition) is 3. The molecule has 0 fully saturated rings. The highest BCUT2D eigenvalue weighted by molar-refractivity contribution is 5.77. The van der Waals surface area contributed by atoms with Crippen LogP contribution in [0.3, 0.4) is 0 Å². The van der Waals surface area contributed by atoms with Gasteiger partial charge in [-0.2, -0.15) is 0 Å². The van der Waals surface area contributed by atoms with Crippen molar-refractivity contribution in [3.05, 3.63) is 29.8 Å². The lowest BCUT2D eigenvalue weighted by atomic mass is 10.2. The molecular weight excluding hydrogens is 204 g/mol. The maximum Gasteiger partial charge on any atom is 0.234 e. The van der Waals surface area contributed by atoms with Crippen LogP contribution in [0.5, 0.6) is 5.75 Å². The summed E-state index contributed by atoms with van der Waals surface area (Å²) in [4.78, 5) is 11.1. The Labute approximate surface area is 96.0 Å². The van der Waals surface area contributed by atoms with Crippen LogP contribution in [-0.4, -0.2) is 32.7 Å². The first-order valence-corrected chi connectivity index (χ1v) is 5.33. The van der Waals surface area contributed by atoms with Crippen LogP contribution in [0.2, 0.25) is 0 Å². The average molecular weight is 222 g/mol. The van der Waals surface area contributed by atoms with Gasteiger partial charge in [-0.05, 0) is 26.1 Å². The van der Waals surface area contributed by atoms with E-state index in [4.69, 9.17) is 4.74 Å². The molecule has 88 valence electrons. The van der Waals surface area contributed by atoms with Gasteiger partial charge in [0.25, 0.3) is 0 Å². The molecule has 0 bridgehead atoms. The van der Waals surface area contributed by atoms with Crippen molar-refractivity contribution < 1.29 is 9.53 Å². The molecule has 1 aromatic carbocycles. The first-order chi connectivity index (χ1) is 7.72. The van der Waals surface area contributed by atoms with Gasteiger partial charge in [-0.1, -0.05) is 17.7 Å². The van der Waals surface area contributed by atoms with Gasteiger partial charge in [-0.3, -0.25) is 4.79 Å². The molecule has 4 heteroatoms. The van der Waals surface area contributed by atoms with Gasteiger partial charge in [0.1, 0.15) is 12.4 Å². The number of carbonyl (C=O) groups excluding carboxylic acids is 1. The highest BCUT2D eigenvalue weighted by Gasteiger charge is 1.97. The zero-order valence-corrected chi connectivity index (χ0v) is 9.75. The van der Waals surface area contributed by atoms with Crippen molar-refractivity contribution in [2.75, 3.05) is 26.7 Å². The van der Waals surface area contributed by atoms with Crippen molar-refractivity contribution in [2.45, 2.75) is 6.92 Å². The van der Waals surface area contributed by atoms with Gasteiger partial charge in [0.15, 0.2) is 0 Å². The van der Waals surface area contributed by atoms with Crippen LogP contribution < -0.4 is 15.4 Å². The van der Waals surface area contributed by atoms with Gasteiger partial charge in [0.2, 0.25) is 5.91 Å². The highest BCUT2D eigenvalue weighted by atomic mass is 16.5. The second kappa shape index (κ2) is 6.85. The Morgan fingerprint density at radius 1 is 1.31 bits per heavy atom. The molecule has 1 amide bonds. The van der Waals surface area contributed by atoms with Gasteiger partial charge in [-0.25, -0.2) is 0 Å². The van der Waals surface area contributed by atoms with E-state index in [1.165, 1.54) is 5.56 Å². The van der Waals surface area contributed by atoms with Crippen molar-refractivity contribution in [3.63, 3.8) is 0 Å². The van der Waals surface area contributed by atoms with E-state index in [-0.39, 0.29) is 5.91 Å². The Bertz CT molecular complexity index is 322. The Kier molecular flexibility index (Phi) is 5.36. The molecule has 0 aromatic heterocycles. The predicted molar refractivity (Wildman–Crippen MR) is 63.6 cm³/mol. The van der Waals surface area contributed by atoms with Crippen LogP contribution in [0.4, 0.5) is 0 Å². The summed E-state index contributed by atoms with van der Waals surface area (Å²) < 4.78 is 5.45. The Balaban J connectivity index is 2.16. The van der Waals surface area contributed by atoms with Crippen molar-refractivity contribution in [3.8, 4) is 5.75 Å². The number of aryl methyl sites for hydroxylation is 1. The zero-order chi connectivity index (χ0) is 11.8. The lowest BCUT2D eigenvalue weighted by Crippen LogP contribution is -2.34. The second-order valence-corrected chi connectivity index (χ2v) is 3.54. The fourth-order valence-electron chi connectivity index (χ4n) is 1.22. The smallest absolute Gasteiger partial charge is 0.234 e. The van der Waals surface area contributed by atoms with Crippen LogP contribution >= 0.6 is 0 Å². The summed E-state index contributed by atoms with van der Waals surface area (Å²) in [6.45, 7) is 3.37. The lowest BCUT2D eigenvalue weighted by Gasteiger charge is -2.07. The molecule has 4 nitrogen and oxygen atoms in total. The molecule has 16 heavy (non-hydrogen) atoms. The third-order valence-electron chi connectivity index (χ3n) is 2.05. The van der Waals surface area contributed by atoms with Gasteiger partial charge < -0.3 is 15.4 Å². The van der Waals surface area contributed by atoms with Crippen LogP contribution in [0.1, 0.15) is 5.56 Å². The van der Waals surface area contributed by atoms with E-state index in [1.54, 1.807) is 7.05 Å². The van der Waals surface area contributed by atoms with E-state index in [2.05, 4.69) is 10.6 Å². The van der Waals surface area contributed by atoms with Gasteiger partial charge in [0, 0.05) is 0 Å². The first-order valence-electron chi connectivity index (χ1n) is 5.33. The number of rotatable bonds is 6. The number of carbonyl (C=O) groups is 1. The number of hydrogen-bond donors (Lipinski definition) is 2. The molecule has 1 rings (SSSR count). The fraction of sp³-hybridized carbons (Fsp3) is 0.417. The Morgan fingerprint density at radius 3 is 2.62 bits per heavy atom. The minimum Gasteiger partial charge on any atom is -0.492 e. The third kappa shape index (κ3) is 4.79. The molecule has 0 aliphatic heterocycles. The summed E-state index contributed by atoms with van der Waals surface area (Å²) in [6.07, 6.45) is 0. The quantitative estimate of drug-likeness (QED) is 0.697. The lowest BCUT2D eigenvalue weighted by molar-refractivity contribution is -0.120. The first kappa shape index (κ1) is 12.5. The zero-order valence-electron chi connectivity index (χ0n) is 9.75. The summed E-state index contributed by atoms with van der Waals surface area (Å²) in [5.74, 6) is 0.809. The van der Waals surface area contributed by atoms with E-state index in [0.29, 0.717) is 19.7 Å². The molecule has 0 radical (unpaired) electrons. The van der Waals surface area contributed by atoms with Crippen LogP contribution in [-0.2, 0) is 4.79 Å². The van der Waals surface area contributed by atoms with Crippen LogP contribution in [0.15, 0.2) is 24.3 Å². The number of amides is 1. The fourth-order valence-corrected chi connectivity index (χ4v) is 1.22. The van der Waals surface area contributed by atoms with E-state index in [1.807, 2.05) is 31.2 Å². The number of ether oxygens (including phenoxy) is 1. The molecule has 0 heterocycles. The monoisotopic (exact) mass is 222 g/mol. The van der Waals surface area contributed by atoms with Crippen molar-refractivity contribution >= 4 is 5.91 Å². The summed E-state index contributed by atoms with van der Waals surface area (Å²) >= 11 is 0. The van der Waals surface area contributed by atoms with Crippen LogP contribution in [0.25, 0.3) is 0 Å². The Hall–Kier alpha value is -1.55. The molecule has 2 N–H and O–H groups in total. The van der Waals surface area contributed by atoms with Gasteiger partial charge in [-0.15, -0.1) is 0 Å². The molecule has 0 spiro atoms. The van der Waals surface area contributed by atoms with E-state index < -0.39 is 0 Å². The van der Waals surface area contributed by atoms with Crippen molar-refractivity contribution in [1.29, 1.82) is 0 Å². The standard InChI is InChI=1S/C12H18N2O2/c1-10-3-5-11(6-4-10)16-8-7-14-12(15)9-13-2/h3-6,13H,7-9H2,1-2H3,(H,14,15). The molecule has 0 aliphatic carbocycles. The second-order valence-electron chi connectivity index (χ2n) is 3.54. The van der Waals surface area contributed by atoms with Crippen molar-refractivity contribution in [2.24, 2.45) is 0 Å². The topological polar surface area (TPSA) is 50.4 Å². The molecule has 1 aromatic rings. The van der Waals surface area contributed by atoms with Gasteiger partial charge >= 0.3 is 0 Å². The molecular formula is C12H18N2O2. The van der Waals surface area contributed by atoms with E-state index >= 15 is 0 Å². The highest BCUT2D eigenvalue weighted by Crippen LogP contribution is 2.10. The minimum atomic E-state index is -0.0185. The maximum atomic E-state index is 11.1. The van der Waals surface area contributed by atoms with Crippen molar-refractivity contribution in [1.82, 2.24) is 10.6 Å². The summed E-state index contributed by atoms with van der Waals surface area (Å²) in [5.41, 5.74) is 1.20. The number of likely N-dealkylation sites (N-methyl/N-ethyl adjacent to an activating group) is 1. The molecule has 0 atom stereocenters. The molecule has 0 aliphatic rings. The van der Waals surface area contributed by atoms with E-state index in [9.17, 15) is 4.79 Å². The summed E-state index contributed by atoms with van der Waals surface area (Å²) in [7, 11) is 1.74. The average Bonchev–Trinajstić information content (AvgIpc) is 2.27. The molecule has 0 unspecified atom stereocenters. The van der Waals surface area contributed by atoms with Crippen LogP contribution in [0, 0.1) is 6.92 Å². The third-order valence-corrected chi connectivity index (χ3v) is 2.05. The predicted octanol–water partition coefficient (Wildman–Crippen LogP) is 0.709. The molecule has 0 saturated carbocycles. The summed E-state index contributed by atoms with van der Waals surface area (Å²) in [5, 5.41) is 5.52. The molecule has 0 saturated heterocycles. The number of benzene rings is 1. The normalized spacial score (nSPS) is 9.88. The SMILES string of the molecule is CNCC(=O)NCCOc1ccc(C)cc1. The Morgan fingerprint density at radius 2 is 2.00 bits per heavy atom. The summed E-state index contributed by atoms with van der Waals surface area (Å²) in [6, 6.07) is 7.83. The maximum absolute atomic E-state index is 11.1. The van der Waals surface area contributed by atoms with Gasteiger partial charge in [0.05, 0.1) is 13.1 Å². The number of nitrogens with one attached hydrogen (secondary N) is 2.